The average molecular weight is 443 g/mol. The summed E-state index contributed by atoms with van der Waals surface area (Å²) < 4.78 is 1.90. The summed E-state index contributed by atoms with van der Waals surface area (Å²) in [5.74, 6) is 1.12. The van der Waals surface area contributed by atoms with Crippen molar-refractivity contribution in [1.29, 1.82) is 0 Å². The first kappa shape index (κ1) is 19.6. The topological polar surface area (TPSA) is 123 Å². The molecule has 158 valence electrons. The molecule has 0 saturated carbocycles. The number of hydrogen-bond donors (Lipinski definition) is 3. The number of hydrogen-bond acceptors (Lipinski definition) is 9. The maximum atomic E-state index is 11.3. The standard InChI is InChI=1S/C21H17N9OS/c1-13(31)25-14-3-5-15(6-4-14)26-18-17-19(30(12-24-17)16-7-10-32-11-16)28-21(27-18)29-20-22-8-2-9-23-20/h2-12H,1H3,(H,25,31)(H2,22,23,26,27,28,29). The fourth-order valence-electron chi connectivity index (χ4n) is 3.07. The van der Waals surface area contributed by atoms with Crippen LogP contribution < -0.4 is 16.0 Å². The smallest absolute Gasteiger partial charge is 0.233 e. The first-order valence-electron chi connectivity index (χ1n) is 9.62. The van der Waals surface area contributed by atoms with E-state index in [1.54, 1.807) is 36.1 Å². The maximum Gasteiger partial charge on any atom is 0.233 e. The summed E-state index contributed by atoms with van der Waals surface area (Å²) >= 11 is 1.59. The van der Waals surface area contributed by atoms with E-state index in [-0.39, 0.29) is 5.91 Å². The molecule has 0 aliphatic rings. The Hall–Kier alpha value is -4.38. The molecule has 0 aliphatic heterocycles. The zero-order valence-electron chi connectivity index (χ0n) is 16.9. The van der Waals surface area contributed by atoms with E-state index < -0.39 is 0 Å². The molecule has 4 aromatic heterocycles. The minimum atomic E-state index is -0.124. The summed E-state index contributed by atoms with van der Waals surface area (Å²) in [5, 5.41) is 13.1. The van der Waals surface area contributed by atoms with Crippen molar-refractivity contribution in [2.75, 3.05) is 16.0 Å². The molecule has 0 unspecified atom stereocenters. The van der Waals surface area contributed by atoms with Gasteiger partial charge < -0.3 is 10.6 Å². The van der Waals surface area contributed by atoms with Crippen LogP contribution >= 0.6 is 11.3 Å². The molecule has 0 radical (unpaired) electrons. The van der Waals surface area contributed by atoms with E-state index >= 15 is 0 Å². The van der Waals surface area contributed by atoms with Gasteiger partial charge in [-0.1, -0.05) is 0 Å². The highest BCUT2D eigenvalue weighted by Gasteiger charge is 2.16. The van der Waals surface area contributed by atoms with Crippen LogP contribution in [0.1, 0.15) is 6.92 Å². The number of nitrogens with zero attached hydrogens (tertiary/aromatic N) is 6. The van der Waals surface area contributed by atoms with Crippen LogP contribution in [0.2, 0.25) is 0 Å². The van der Waals surface area contributed by atoms with Crippen molar-refractivity contribution in [3.05, 3.63) is 65.9 Å². The van der Waals surface area contributed by atoms with E-state index in [1.807, 2.05) is 45.7 Å². The Bertz CT molecular complexity index is 1370. The lowest BCUT2D eigenvalue weighted by Gasteiger charge is -2.10. The van der Waals surface area contributed by atoms with E-state index in [2.05, 4.69) is 40.9 Å². The summed E-state index contributed by atoms with van der Waals surface area (Å²) in [6.07, 6.45) is 4.99. The number of aromatic nitrogens is 6. The molecule has 0 saturated heterocycles. The zero-order valence-corrected chi connectivity index (χ0v) is 17.7. The van der Waals surface area contributed by atoms with Gasteiger partial charge in [0.05, 0.1) is 5.69 Å². The summed E-state index contributed by atoms with van der Waals surface area (Å²) in [4.78, 5) is 33.4. The van der Waals surface area contributed by atoms with E-state index in [1.165, 1.54) is 6.92 Å². The monoisotopic (exact) mass is 443 g/mol. The molecule has 10 nitrogen and oxygen atoms in total. The third-order valence-electron chi connectivity index (χ3n) is 4.44. The molecule has 5 aromatic rings. The number of carbonyl (C=O) groups is 1. The minimum absolute atomic E-state index is 0.124. The Balaban J connectivity index is 1.55. The Morgan fingerprint density at radius 2 is 1.72 bits per heavy atom. The Morgan fingerprint density at radius 1 is 0.938 bits per heavy atom. The van der Waals surface area contributed by atoms with Crippen molar-refractivity contribution in [3.63, 3.8) is 0 Å². The lowest BCUT2D eigenvalue weighted by Crippen LogP contribution is -2.06. The van der Waals surface area contributed by atoms with Gasteiger partial charge in [-0.25, -0.2) is 15.0 Å². The quantitative estimate of drug-likeness (QED) is 0.358. The lowest BCUT2D eigenvalue weighted by atomic mass is 10.2. The number of rotatable bonds is 6. The number of carbonyl (C=O) groups excluding carboxylic acids is 1. The molecule has 32 heavy (non-hydrogen) atoms. The first-order valence-corrected chi connectivity index (χ1v) is 10.6. The largest absolute Gasteiger partial charge is 0.338 e. The van der Waals surface area contributed by atoms with Crippen LogP contribution in [0.5, 0.6) is 0 Å². The molecule has 4 heterocycles. The van der Waals surface area contributed by atoms with Crippen molar-refractivity contribution >= 4 is 57.5 Å². The average Bonchev–Trinajstić information content (AvgIpc) is 3.45. The summed E-state index contributed by atoms with van der Waals surface area (Å²) in [5.41, 5.74) is 3.70. The second-order valence-corrected chi connectivity index (χ2v) is 7.53. The molecule has 11 heteroatoms. The van der Waals surface area contributed by atoms with Crippen LogP contribution in [-0.2, 0) is 4.79 Å². The van der Waals surface area contributed by atoms with Gasteiger partial charge in [0.1, 0.15) is 6.33 Å². The predicted molar refractivity (Wildman–Crippen MR) is 124 cm³/mol. The summed E-state index contributed by atoms with van der Waals surface area (Å²) in [6, 6.07) is 11.0. The third kappa shape index (κ3) is 4.09. The summed E-state index contributed by atoms with van der Waals surface area (Å²) in [6.45, 7) is 1.47. The van der Waals surface area contributed by atoms with Gasteiger partial charge in [-0.15, -0.1) is 0 Å². The molecule has 1 aromatic carbocycles. The molecule has 0 aliphatic carbocycles. The SMILES string of the molecule is CC(=O)Nc1ccc(Nc2nc(Nc3ncccn3)nc3c2ncn3-c2ccsc2)cc1. The number of benzene rings is 1. The van der Waals surface area contributed by atoms with Crippen LogP contribution in [-0.4, -0.2) is 35.4 Å². The third-order valence-corrected chi connectivity index (χ3v) is 5.11. The van der Waals surface area contributed by atoms with Crippen LogP contribution in [0.25, 0.3) is 16.9 Å². The molecule has 0 atom stereocenters. The van der Waals surface area contributed by atoms with Gasteiger partial charge in [0.25, 0.3) is 0 Å². The van der Waals surface area contributed by atoms with Crippen molar-refractivity contribution < 1.29 is 4.79 Å². The highest BCUT2D eigenvalue weighted by atomic mass is 32.1. The second kappa shape index (κ2) is 8.40. The molecule has 0 fully saturated rings. The normalized spacial score (nSPS) is 10.8. The molecule has 0 bridgehead atoms. The number of amides is 1. The first-order chi connectivity index (χ1) is 15.7. The molecule has 3 N–H and O–H groups in total. The van der Waals surface area contributed by atoms with Crippen molar-refractivity contribution in [2.24, 2.45) is 0 Å². The van der Waals surface area contributed by atoms with Crippen LogP contribution in [0.15, 0.2) is 65.9 Å². The van der Waals surface area contributed by atoms with E-state index in [9.17, 15) is 4.79 Å². The molecule has 5 rings (SSSR count). The van der Waals surface area contributed by atoms with Gasteiger partial charge in [-0.2, -0.15) is 21.3 Å². The van der Waals surface area contributed by atoms with Gasteiger partial charge >= 0.3 is 0 Å². The van der Waals surface area contributed by atoms with Crippen LogP contribution in [0.4, 0.5) is 29.1 Å². The number of anilines is 5. The molecule has 1 amide bonds. The number of nitrogens with one attached hydrogen (secondary N) is 3. The van der Waals surface area contributed by atoms with Gasteiger partial charge in [-0.05, 0) is 41.8 Å². The molecular weight excluding hydrogens is 426 g/mol. The lowest BCUT2D eigenvalue weighted by molar-refractivity contribution is -0.114. The number of fused-ring (bicyclic) bond motifs is 1. The molecular formula is C21H17N9OS. The van der Waals surface area contributed by atoms with Gasteiger partial charge in [0.2, 0.25) is 17.8 Å². The van der Waals surface area contributed by atoms with Crippen molar-refractivity contribution in [1.82, 2.24) is 29.5 Å². The Labute approximate surface area is 186 Å². The van der Waals surface area contributed by atoms with E-state index in [4.69, 9.17) is 0 Å². The zero-order chi connectivity index (χ0) is 21.9. The Kier molecular flexibility index (Phi) is 5.14. The van der Waals surface area contributed by atoms with E-state index in [0.717, 1.165) is 11.4 Å². The number of imidazole rings is 1. The fraction of sp³-hybridized carbons (Fsp3) is 0.0476. The number of thiophene rings is 1. The predicted octanol–water partition coefficient (Wildman–Crippen LogP) is 4.11. The van der Waals surface area contributed by atoms with Crippen LogP contribution in [0.3, 0.4) is 0 Å². The maximum absolute atomic E-state index is 11.3. The van der Waals surface area contributed by atoms with Crippen molar-refractivity contribution in [2.45, 2.75) is 6.92 Å². The van der Waals surface area contributed by atoms with Crippen molar-refractivity contribution in [3.8, 4) is 5.69 Å². The van der Waals surface area contributed by atoms with Gasteiger partial charge in [0.15, 0.2) is 17.0 Å². The summed E-state index contributed by atoms with van der Waals surface area (Å²) in [7, 11) is 0. The highest BCUT2D eigenvalue weighted by molar-refractivity contribution is 7.08. The fourth-order valence-corrected chi connectivity index (χ4v) is 3.70. The van der Waals surface area contributed by atoms with E-state index in [0.29, 0.717) is 34.6 Å². The van der Waals surface area contributed by atoms with Gasteiger partial charge in [-0.3, -0.25) is 14.7 Å². The van der Waals surface area contributed by atoms with Gasteiger partial charge in [0, 0.05) is 36.1 Å². The minimum Gasteiger partial charge on any atom is -0.338 e. The second-order valence-electron chi connectivity index (χ2n) is 6.75. The highest BCUT2D eigenvalue weighted by Crippen LogP contribution is 2.28. The van der Waals surface area contributed by atoms with Crippen LogP contribution in [0, 0.1) is 0 Å². The molecule has 0 spiro atoms. The Morgan fingerprint density at radius 3 is 2.44 bits per heavy atom.